The van der Waals surface area contributed by atoms with Crippen molar-refractivity contribution in [2.75, 3.05) is 0 Å². The van der Waals surface area contributed by atoms with Crippen molar-refractivity contribution in [1.82, 2.24) is 0 Å². The van der Waals surface area contributed by atoms with Crippen molar-refractivity contribution in [2.45, 2.75) is 20.3 Å². The summed E-state index contributed by atoms with van der Waals surface area (Å²) in [4.78, 5) is 12.2. The normalized spacial score (nSPS) is 10.5. The van der Waals surface area contributed by atoms with Gasteiger partial charge in [0.2, 0.25) is 0 Å². The zero-order valence-electron chi connectivity index (χ0n) is 10.8. The van der Waals surface area contributed by atoms with Gasteiger partial charge in [0.25, 0.3) is 0 Å². The summed E-state index contributed by atoms with van der Waals surface area (Å²) in [5, 5.41) is 0.639. The van der Waals surface area contributed by atoms with Crippen LogP contribution in [0.1, 0.15) is 27.0 Å². The second kappa shape index (κ2) is 5.54. The van der Waals surface area contributed by atoms with Crippen molar-refractivity contribution < 1.29 is 9.18 Å². The van der Waals surface area contributed by atoms with E-state index in [-0.39, 0.29) is 18.0 Å². The summed E-state index contributed by atoms with van der Waals surface area (Å²) in [7, 11) is 0. The number of halogens is 2. The Hall–Kier alpha value is -1.67. The van der Waals surface area contributed by atoms with Gasteiger partial charge >= 0.3 is 0 Å². The second-order valence-corrected chi connectivity index (χ2v) is 5.01. The molecule has 0 fully saturated rings. The number of Topliss-reactive ketones (excluding diaryl/α,β-unsaturated/α-hetero) is 1. The maximum atomic E-state index is 13.5. The monoisotopic (exact) mass is 276 g/mol. The maximum absolute atomic E-state index is 13.5. The first-order valence-electron chi connectivity index (χ1n) is 6.02. The molecular weight excluding hydrogens is 263 g/mol. The number of hydrogen-bond donors (Lipinski definition) is 0. The molecule has 1 nitrogen and oxygen atoms in total. The van der Waals surface area contributed by atoms with Crippen LogP contribution in [0, 0.1) is 19.7 Å². The van der Waals surface area contributed by atoms with Crippen LogP contribution in [0.4, 0.5) is 4.39 Å². The van der Waals surface area contributed by atoms with Gasteiger partial charge in [0.1, 0.15) is 5.82 Å². The van der Waals surface area contributed by atoms with Gasteiger partial charge in [-0.25, -0.2) is 4.39 Å². The third kappa shape index (κ3) is 3.02. The maximum Gasteiger partial charge on any atom is 0.167 e. The van der Waals surface area contributed by atoms with Crippen LogP contribution in [-0.2, 0) is 6.42 Å². The summed E-state index contributed by atoms with van der Waals surface area (Å²) in [5.41, 5.74) is 2.69. The lowest BCUT2D eigenvalue weighted by Gasteiger charge is -2.08. The number of ketones is 1. The molecule has 0 radical (unpaired) electrons. The van der Waals surface area contributed by atoms with Gasteiger partial charge in [0.05, 0.1) is 0 Å². The molecule has 2 rings (SSSR count). The fraction of sp³-hybridized carbons (Fsp3) is 0.188. The molecule has 0 aromatic heterocycles. The standard InChI is InChI=1S/C16H14ClFO/c1-10-8-14(17)11(2)7-13(10)16(19)9-12-5-3-4-6-15(12)18/h3-8H,9H2,1-2H3. The highest BCUT2D eigenvalue weighted by atomic mass is 35.5. The van der Waals surface area contributed by atoms with Gasteiger partial charge in [-0.05, 0) is 48.7 Å². The summed E-state index contributed by atoms with van der Waals surface area (Å²) in [5.74, 6) is -0.443. The summed E-state index contributed by atoms with van der Waals surface area (Å²) in [6, 6.07) is 9.87. The Kier molecular flexibility index (Phi) is 4.01. The average molecular weight is 277 g/mol. The lowest BCUT2D eigenvalue weighted by atomic mass is 9.97. The topological polar surface area (TPSA) is 17.1 Å². The molecule has 0 aliphatic rings. The van der Waals surface area contributed by atoms with Crippen LogP contribution in [0.3, 0.4) is 0 Å². The lowest BCUT2D eigenvalue weighted by molar-refractivity contribution is 0.0991. The SMILES string of the molecule is Cc1cc(C(=O)Cc2ccccc2F)c(C)cc1Cl. The highest BCUT2D eigenvalue weighted by Gasteiger charge is 2.13. The highest BCUT2D eigenvalue weighted by molar-refractivity contribution is 6.31. The first kappa shape index (κ1) is 13.8. The van der Waals surface area contributed by atoms with E-state index >= 15 is 0 Å². The summed E-state index contributed by atoms with van der Waals surface area (Å²) < 4.78 is 13.5. The number of benzene rings is 2. The third-order valence-corrected chi connectivity index (χ3v) is 3.52. The summed E-state index contributed by atoms with van der Waals surface area (Å²) >= 11 is 6.00. The average Bonchev–Trinajstić information content (AvgIpc) is 2.36. The van der Waals surface area contributed by atoms with E-state index in [1.807, 2.05) is 13.8 Å². The molecule has 0 N–H and O–H groups in total. The largest absolute Gasteiger partial charge is 0.294 e. The van der Waals surface area contributed by atoms with E-state index in [0.29, 0.717) is 16.1 Å². The molecule has 0 atom stereocenters. The zero-order chi connectivity index (χ0) is 14.0. The van der Waals surface area contributed by atoms with E-state index < -0.39 is 0 Å². The van der Waals surface area contributed by atoms with Crippen molar-refractivity contribution in [1.29, 1.82) is 0 Å². The van der Waals surface area contributed by atoms with E-state index in [9.17, 15) is 9.18 Å². The fourth-order valence-corrected chi connectivity index (χ4v) is 2.21. The van der Waals surface area contributed by atoms with Gasteiger partial charge in [-0.15, -0.1) is 0 Å². The van der Waals surface area contributed by atoms with E-state index in [1.165, 1.54) is 6.07 Å². The van der Waals surface area contributed by atoms with Gasteiger partial charge in [0.15, 0.2) is 5.78 Å². The van der Waals surface area contributed by atoms with Crippen LogP contribution < -0.4 is 0 Å². The van der Waals surface area contributed by atoms with Crippen LogP contribution in [0.5, 0.6) is 0 Å². The number of carbonyl (C=O) groups is 1. The molecule has 0 aliphatic heterocycles. The molecule has 2 aromatic rings. The quantitative estimate of drug-likeness (QED) is 0.753. The molecule has 0 saturated carbocycles. The van der Waals surface area contributed by atoms with Crippen LogP contribution in [-0.4, -0.2) is 5.78 Å². The Labute approximate surface area is 117 Å². The van der Waals surface area contributed by atoms with Crippen molar-refractivity contribution >= 4 is 17.4 Å². The molecule has 19 heavy (non-hydrogen) atoms. The van der Waals surface area contributed by atoms with Gasteiger partial charge < -0.3 is 0 Å². The van der Waals surface area contributed by atoms with Crippen molar-refractivity contribution in [3.63, 3.8) is 0 Å². The predicted octanol–water partition coefficient (Wildman–Crippen LogP) is 4.52. The molecular formula is C16H14ClFO. The second-order valence-electron chi connectivity index (χ2n) is 4.61. The van der Waals surface area contributed by atoms with Crippen LogP contribution in [0.25, 0.3) is 0 Å². The van der Waals surface area contributed by atoms with Crippen LogP contribution in [0.15, 0.2) is 36.4 Å². The fourth-order valence-electron chi connectivity index (χ4n) is 1.99. The molecule has 0 unspecified atom stereocenters. The van der Waals surface area contributed by atoms with Gasteiger partial charge in [-0.1, -0.05) is 29.8 Å². The van der Waals surface area contributed by atoms with Crippen molar-refractivity contribution in [3.05, 3.63) is 69.5 Å². The Morgan fingerprint density at radius 2 is 1.84 bits per heavy atom. The third-order valence-electron chi connectivity index (χ3n) is 3.11. The Balaban J connectivity index is 2.31. The summed E-state index contributed by atoms with van der Waals surface area (Å²) in [6.45, 7) is 3.68. The van der Waals surface area contributed by atoms with Gasteiger partial charge in [0, 0.05) is 17.0 Å². The Bertz CT molecular complexity index is 635. The zero-order valence-corrected chi connectivity index (χ0v) is 11.6. The van der Waals surface area contributed by atoms with Crippen LogP contribution in [0.2, 0.25) is 5.02 Å². The van der Waals surface area contributed by atoms with E-state index in [1.54, 1.807) is 30.3 Å². The highest BCUT2D eigenvalue weighted by Crippen LogP contribution is 2.22. The molecule has 0 heterocycles. The van der Waals surface area contributed by atoms with Crippen molar-refractivity contribution in [3.8, 4) is 0 Å². The number of hydrogen-bond acceptors (Lipinski definition) is 1. The first-order chi connectivity index (χ1) is 8.99. The Morgan fingerprint density at radius 3 is 2.53 bits per heavy atom. The van der Waals surface area contributed by atoms with E-state index in [0.717, 1.165) is 11.1 Å². The van der Waals surface area contributed by atoms with Crippen molar-refractivity contribution in [2.24, 2.45) is 0 Å². The lowest BCUT2D eigenvalue weighted by Crippen LogP contribution is -2.07. The van der Waals surface area contributed by atoms with Gasteiger partial charge in [-0.3, -0.25) is 4.79 Å². The number of carbonyl (C=O) groups excluding carboxylic acids is 1. The molecule has 0 aliphatic carbocycles. The molecule has 2 aromatic carbocycles. The molecule has 0 amide bonds. The smallest absolute Gasteiger partial charge is 0.167 e. The molecule has 0 bridgehead atoms. The van der Waals surface area contributed by atoms with Crippen LogP contribution >= 0.6 is 11.6 Å². The van der Waals surface area contributed by atoms with E-state index in [2.05, 4.69) is 0 Å². The molecule has 98 valence electrons. The molecule has 3 heteroatoms. The minimum absolute atomic E-state index is 0.0641. The minimum Gasteiger partial charge on any atom is -0.294 e. The minimum atomic E-state index is -0.348. The van der Waals surface area contributed by atoms with Gasteiger partial charge in [-0.2, -0.15) is 0 Å². The number of aryl methyl sites for hydroxylation is 2. The first-order valence-corrected chi connectivity index (χ1v) is 6.40. The number of rotatable bonds is 3. The molecule has 0 saturated heterocycles. The predicted molar refractivity (Wildman–Crippen MR) is 75.4 cm³/mol. The Morgan fingerprint density at radius 1 is 1.16 bits per heavy atom. The van der Waals surface area contributed by atoms with E-state index in [4.69, 9.17) is 11.6 Å². The molecule has 0 spiro atoms. The summed E-state index contributed by atoms with van der Waals surface area (Å²) in [6.07, 6.45) is 0.0641.